The number of hydrogen-bond acceptors (Lipinski definition) is 4. The number of hydrogen-bond donors (Lipinski definition) is 0. The smallest absolute Gasteiger partial charge is 0.214 e. The second-order valence-corrected chi connectivity index (χ2v) is 4.00. The molecule has 0 aliphatic rings. The van der Waals surface area contributed by atoms with Gasteiger partial charge in [-0.05, 0) is 10.4 Å². The zero-order chi connectivity index (χ0) is 9.35. The maximum Gasteiger partial charge on any atom is 0.256 e. The van der Waals surface area contributed by atoms with E-state index in [1.165, 1.54) is 9.36 Å². The third-order valence-corrected chi connectivity index (χ3v) is 1.63. The van der Waals surface area contributed by atoms with Gasteiger partial charge in [0.1, 0.15) is 0 Å². The predicted molar refractivity (Wildman–Crippen MR) is 40.4 cm³/mol. The van der Waals surface area contributed by atoms with Crippen LogP contribution in [0.4, 0.5) is 0 Å². The summed E-state index contributed by atoms with van der Waals surface area (Å²) in [6.45, 7) is 0. The van der Waals surface area contributed by atoms with Gasteiger partial charge in [0, 0.05) is 14.1 Å². The minimum atomic E-state index is -3.39. The minimum Gasteiger partial charge on any atom is -0.214 e. The summed E-state index contributed by atoms with van der Waals surface area (Å²) >= 11 is 0. The highest BCUT2D eigenvalue weighted by Gasteiger charge is 2.01. The van der Waals surface area contributed by atoms with E-state index in [4.69, 9.17) is 0 Å². The molecule has 0 aliphatic heterocycles. The van der Waals surface area contributed by atoms with Crippen molar-refractivity contribution >= 4 is 10.0 Å². The summed E-state index contributed by atoms with van der Waals surface area (Å²) in [7, 11) is -0.256. The number of aromatic nitrogens is 4. The topological polar surface area (TPSA) is 82.1 Å². The van der Waals surface area contributed by atoms with Gasteiger partial charge in [-0.1, -0.05) is 0 Å². The fourth-order valence-electron chi connectivity index (χ4n) is 0.676. The Morgan fingerprint density at radius 2 is 1.67 bits per heavy atom. The molecule has 12 heavy (non-hydrogen) atoms. The molecule has 0 fully saturated rings. The van der Waals surface area contributed by atoms with Crippen molar-refractivity contribution in [3.8, 4) is 0 Å². The van der Waals surface area contributed by atoms with Gasteiger partial charge >= 0.3 is 0 Å². The zero-order valence-electron chi connectivity index (χ0n) is 6.96. The first kappa shape index (κ1) is 8.91. The standard InChI is InChI=1S/C4H9N5O2S/c1-8-4(5-12(3,10)11)9(2)7-6-8/h1-3H3. The van der Waals surface area contributed by atoms with Crippen LogP contribution in [0.3, 0.4) is 0 Å². The molecular formula is C4H9N5O2S. The highest BCUT2D eigenvalue weighted by atomic mass is 32.2. The van der Waals surface area contributed by atoms with Crippen molar-refractivity contribution in [1.82, 2.24) is 19.8 Å². The SMILES string of the molecule is Cn1nnn(C)c1=NS(C)(=O)=O. The van der Waals surface area contributed by atoms with Crippen LogP contribution in [0.2, 0.25) is 0 Å². The predicted octanol–water partition coefficient (Wildman–Crippen LogP) is -1.99. The Kier molecular flexibility index (Phi) is 2.01. The van der Waals surface area contributed by atoms with Crippen LogP contribution in [-0.4, -0.2) is 34.5 Å². The molecule has 1 heterocycles. The van der Waals surface area contributed by atoms with E-state index in [0.717, 1.165) is 6.26 Å². The first-order valence-electron chi connectivity index (χ1n) is 3.09. The Bertz CT molecular complexity index is 416. The quantitative estimate of drug-likeness (QED) is 0.514. The van der Waals surface area contributed by atoms with Gasteiger partial charge in [-0.15, -0.1) is 4.40 Å². The molecule has 8 heteroatoms. The summed E-state index contributed by atoms with van der Waals surface area (Å²) in [4.78, 5) is 0. The Morgan fingerprint density at radius 1 is 1.25 bits per heavy atom. The molecule has 0 radical (unpaired) electrons. The van der Waals surface area contributed by atoms with E-state index in [0.29, 0.717) is 0 Å². The molecule has 68 valence electrons. The molecule has 0 amide bonds. The molecule has 0 unspecified atom stereocenters. The fraction of sp³-hybridized carbons (Fsp3) is 0.750. The van der Waals surface area contributed by atoms with Gasteiger partial charge in [0.15, 0.2) is 0 Å². The number of rotatable bonds is 1. The fourth-order valence-corrected chi connectivity index (χ4v) is 1.21. The lowest BCUT2D eigenvalue weighted by Crippen LogP contribution is -2.24. The van der Waals surface area contributed by atoms with Gasteiger partial charge < -0.3 is 0 Å². The Labute approximate surface area is 69.4 Å². The summed E-state index contributed by atoms with van der Waals surface area (Å²) in [6.07, 6.45) is 1.01. The van der Waals surface area contributed by atoms with E-state index in [1.54, 1.807) is 14.1 Å². The minimum absolute atomic E-state index is 0.192. The highest BCUT2D eigenvalue weighted by Crippen LogP contribution is 1.79. The molecule has 0 atom stereocenters. The maximum atomic E-state index is 10.8. The van der Waals surface area contributed by atoms with E-state index < -0.39 is 10.0 Å². The molecule has 1 aromatic heterocycles. The van der Waals surface area contributed by atoms with Crippen LogP contribution in [0.1, 0.15) is 0 Å². The Morgan fingerprint density at radius 3 is 2.00 bits per heavy atom. The molecule has 7 nitrogen and oxygen atoms in total. The summed E-state index contributed by atoms with van der Waals surface area (Å²) < 4.78 is 27.5. The molecular weight excluding hydrogens is 182 g/mol. The van der Waals surface area contributed by atoms with E-state index in [9.17, 15) is 8.42 Å². The lowest BCUT2D eigenvalue weighted by atomic mass is 11.1. The summed E-state index contributed by atoms with van der Waals surface area (Å²) in [5, 5.41) is 7.14. The van der Waals surface area contributed by atoms with Crippen LogP contribution >= 0.6 is 0 Å². The number of aryl methyl sites for hydroxylation is 2. The first-order chi connectivity index (χ1) is 5.40. The highest BCUT2D eigenvalue weighted by molar-refractivity contribution is 7.89. The van der Waals surface area contributed by atoms with Crippen molar-refractivity contribution in [1.29, 1.82) is 0 Å². The van der Waals surface area contributed by atoms with Crippen molar-refractivity contribution in [3.05, 3.63) is 5.62 Å². The lowest BCUT2D eigenvalue weighted by Gasteiger charge is -1.88. The first-order valence-corrected chi connectivity index (χ1v) is 4.94. The average Bonchev–Trinajstić information content (AvgIpc) is 2.16. The van der Waals surface area contributed by atoms with Crippen molar-refractivity contribution < 1.29 is 8.42 Å². The molecule has 0 aliphatic carbocycles. The number of sulfonamides is 1. The van der Waals surface area contributed by atoms with Gasteiger partial charge in [-0.3, -0.25) is 0 Å². The zero-order valence-corrected chi connectivity index (χ0v) is 7.78. The second kappa shape index (κ2) is 2.70. The molecule has 0 bridgehead atoms. The van der Waals surface area contributed by atoms with Crippen LogP contribution in [-0.2, 0) is 24.1 Å². The van der Waals surface area contributed by atoms with Crippen LogP contribution in [0.15, 0.2) is 4.40 Å². The lowest BCUT2D eigenvalue weighted by molar-refractivity contribution is 0.597. The second-order valence-electron chi connectivity index (χ2n) is 2.35. The van der Waals surface area contributed by atoms with E-state index >= 15 is 0 Å². The van der Waals surface area contributed by atoms with Gasteiger partial charge in [-0.2, -0.15) is 0 Å². The van der Waals surface area contributed by atoms with Gasteiger partial charge in [0.2, 0.25) is 0 Å². The molecule has 0 aromatic carbocycles. The average molecular weight is 191 g/mol. The van der Waals surface area contributed by atoms with E-state index in [1.807, 2.05) is 0 Å². The maximum absolute atomic E-state index is 10.8. The summed E-state index contributed by atoms with van der Waals surface area (Å²) in [5.41, 5.74) is 0.192. The van der Waals surface area contributed by atoms with Crippen LogP contribution in [0.25, 0.3) is 0 Å². The third-order valence-electron chi connectivity index (χ3n) is 1.13. The van der Waals surface area contributed by atoms with E-state index in [2.05, 4.69) is 14.8 Å². The molecule has 0 saturated heterocycles. The van der Waals surface area contributed by atoms with Crippen molar-refractivity contribution in [2.75, 3.05) is 6.26 Å². The van der Waals surface area contributed by atoms with Crippen molar-refractivity contribution in [2.45, 2.75) is 0 Å². The Balaban J connectivity index is 3.47. The number of nitrogens with zero attached hydrogens (tertiary/aromatic N) is 5. The van der Waals surface area contributed by atoms with Crippen molar-refractivity contribution in [2.24, 2.45) is 18.5 Å². The van der Waals surface area contributed by atoms with E-state index in [-0.39, 0.29) is 5.62 Å². The summed E-state index contributed by atoms with van der Waals surface area (Å²) in [5.74, 6) is 0. The molecule has 0 N–H and O–H groups in total. The molecule has 1 aromatic rings. The van der Waals surface area contributed by atoms with Crippen molar-refractivity contribution in [3.63, 3.8) is 0 Å². The summed E-state index contributed by atoms with van der Waals surface area (Å²) in [6, 6.07) is 0. The van der Waals surface area contributed by atoms with Crippen LogP contribution in [0, 0.1) is 0 Å². The van der Waals surface area contributed by atoms with Gasteiger partial charge in [0.25, 0.3) is 15.6 Å². The largest absolute Gasteiger partial charge is 0.256 e. The van der Waals surface area contributed by atoms with Gasteiger partial charge in [-0.25, -0.2) is 17.8 Å². The third kappa shape index (κ3) is 1.91. The number of tetrazole rings is 1. The Hall–Kier alpha value is -1.18. The molecule has 1 rings (SSSR count). The van der Waals surface area contributed by atoms with Gasteiger partial charge in [0.05, 0.1) is 6.26 Å². The normalized spacial score (nSPS) is 11.6. The van der Waals surface area contributed by atoms with Crippen LogP contribution < -0.4 is 5.62 Å². The van der Waals surface area contributed by atoms with Crippen LogP contribution in [0.5, 0.6) is 0 Å². The monoisotopic (exact) mass is 191 g/mol. The molecule has 0 saturated carbocycles. The molecule has 0 spiro atoms.